The monoisotopic (exact) mass is 214 g/mol. The van der Waals surface area contributed by atoms with E-state index in [4.69, 9.17) is 0 Å². The van der Waals surface area contributed by atoms with Crippen molar-refractivity contribution in [2.24, 2.45) is 5.92 Å². The highest BCUT2D eigenvalue weighted by molar-refractivity contribution is 6.38. The second-order valence-corrected chi connectivity index (χ2v) is 3.21. The van der Waals surface area contributed by atoms with Gasteiger partial charge in [0.2, 0.25) is 0 Å². The number of carbonyl (C=O) groups is 3. The maximum absolute atomic E-state index is 11.0. The van der Waals surface area contributed by atoms with E-state index in [1.165, 1.54) is 7.11 Å². The molecule has 0 rings (SSSR count). The van der Waals surface area contributed by atoms with E-state index in [1.807, 2.05) is 13.8 Å². The molecule has 0 radical (unpaired) electrons. The molecule has 84 valence electrons. The smallest absolute Gasteiger partial charge is 0.379 e. The van der Waals surface area contributed by atoms with Crippen molar-refractivity contribution in [1.29, 1.82) is 0 Å². The third-order valence-corrected chi connectivity index (χ3v) is 1.32. The summed E-state index contributed by atoms with van der Waals surface area (Å²) in [4.78, 5) is 32.6. The average molecular weight is 214 g/mol. The highest BCUT2D eigenvalue weighted by atomic mass is 16.5. The molecule has 0 N–H and O–H groups in total. The van der Waals surface area contributed by atoms with Crippen molar-refractivity contribution in [3.8, 4) is 0 Å². The zero-order chi connectivity index (χ0) is 11.8. The molecule has 0 aliphatic heterocycles. The molecule has 0 amide bonds. The molecule has 0 aromatic carbocycles. The van der Waals surface area contributed by atoms with Crippen LogP contribution in [0.15, 0.2) is 12.2 Å². The van der Waals surface area contributed by atoms with Gasteiger partial charge in [-0.3, -0.25) is 4.79 Å². The van der Waals surface area contributed by atoms with E-state index >= 15 is 0 Å². The Hall–Kier alpha value is -1.65. The summed E-state index contributed by atoms with van der Waals surface area (Å²) < 4.78 is 8.89. The van der Waals surface area contributed by atoms with Gasteiger partial charge in [0.25, 0.3) is 5.78 Å². The van der Waals surface area contributed by atoms with Crippen LogP contribution in [0.5, 0.6) is 0 Å². The Kier molecular flexibility index (Phi) is 6.01. The van der Waals surface area contributed by atoms with E-state index in [-0.39, 0.29) is 12.5 Å². The van der Waals surface area contributed by atoms with Gasteiger partial charge in [-0.15, -0.1) is 0 Å². The van der Waals surface area contributed by atoms with Crippen LogP contribution in [-0.4, -0.2) is 31.4 Å². The topological polar surface area (TPSA) is 69.7 Å². The Morgan fingerprint density at radius 1 is 1.20 bits per heavy atom. The number of ketones is 1. The highest BCUT2D eigenvalue weighted by Gasteiger charge is 2.12. The highest BCUT2D eigenvalue weighted by Crippen LogP contribution is 1.94. The number of esters is 2. The summed E-state index contributed by atoms with van der Waals surface area (Å²) in [6.07, 6.45) is 1.70. The van der Waals surface area contributed by atoms with Crippen molar-refractivity contribution < 1.29 is 23.9 Å². The molecule has 0 spiro atoms. The van der Waals surface area contributed by atoms with Crippen LogP contribution in [0, 0.1) is 5.92 Å². The van der Waals surface area contributed by atoms with Gasteiger partial charge >= 0.3 is 11.9 Å². The van der Waals surface area contributed by atoms with Gasteiger partial charge in [0.15, 0.2) is 0 Å². The minimum absolute atomic E-state index is 0.159. The van der Waals surface area contributed by atoms with Gasteiger partial charge < -0.3 is 9.47 Å². The lowest BCUT2D eigenvalue weighted by molar-refractivity contribution is -0.152. The number of hydrogen-bond acceptors (Lipinski definition) is 5. The molecule has 0 aliphatic carbocycles. The summed E-state index contributed by atoms with van der Waals surface area (Å²) >= 11 is 0. The zero-order valence-electron chi connectivity index (χ0n) is 8.98. The van der Waals surface area contributed by atoms with Crippen LogP contribution >= 0.6 is 0 Å². The molecule has 0 aromatic rings. The molecule has 0 saturated heterocycles. The molecule has 0 saturated carbocycles. The van der Waals surface area contributed by atoms with Crippen LogP contribution < -0.4 is 0 Å². The zero-order valence-corrected chi connectivity index (χ0v) is 8.98. The minimum atomic E-state index is -0.969. The number of methoxy groups -OCH3 is 1. The number of carbonyl (C=O) groups excluding carboxylic acids is 3. The summed E-state index contributed by atoms with van der Waals surface area (Å²) in [7, 11) is 1.17. The fourth-order valence-electron chi connectivity index (χ4n) is 0.593. The third-order valence-electron chi connectivity index (χ3n) is 1.32. The van der Waals surface area contributed by atoms with Gasteiger partial charge in [-0.2, -0.15) is 0 Å². The lowest BCUT2D eigenvalue weighted by atomic mass is 10.2. The maximum atomic E-state index is 11.0. The van der Waals surface area contributed by atoms with Crippen molar-refractivity contribution in [3.05, 3.63) is 12.2 Å². The number of ether oxygens (including phenoxy) is 2. The van der Waals surface area contributed by atoms with Crippen LogP contribution in [-0.2, 0) is 23.9 Å². The Labute approximate surface area is 88.0 Å². The van der Waals surface area contributed by atoms with Crippen LogP contribution in [0.2, 0.25) is 0 Å². The molecule has 5 nitrogen and oxygen atoms in total. The predicted molar refractivity (Wildman–Crippen MR) is 52.0 cm³/mol. The molecule has 0 unspecified atom stereocenters. The summed E-state index contributed by atoms with van der Waals surface area (Å²) in [5.74, 6) is -2.38. The SMILES string of the molecule is COC(=O)/C=C/C(=O)C(=O)OCC(C)C. The predicted octanol–water partition coefficient (Wildman–Crippen LogP) is 0.484. The first-order chi connectivity index (χ1) is 6.97. The summed E-state index contributed by atoms with van der Waals surface area (Å²) in [5.41, 5.74) is 0. The van der Waals surface area contributed by atoms with E-state index in [1.54, 1.807) is 0 Å². The van der Waals surface area contributed by atoms with Gasteiger partial charge in [-0.1, -0.05) is 13.8 Å². The fraction of sp³-hybridized carbons (Fsp3) is 0.500. The second-order valence-electron chi connectivity index (χ2n) is 3.21. The average Bonchev–Trinajstić information content (AvgIpc) is 2.21. The molecular formula is C10H14O5. The molecule has 0 aromatic heterocycles. The summed E-state index contributed by atoms with van der Waals surface area (Å²) in [6.45, 7) is 3.88. The first kappa shape index (κ1) is 13.4. The van der Waals surface area contributed by atoms with E-state index in [0.717, 1.165) is 12.2 Å². The summed E-state index contributed by atoms with van der Waals surface area (Å²) in [6, 6.07) is 0. The Morgan fingerprint density at radius 2 is 1.80 bits per heavy atom. The normalized spacial score (nSPS) is 10.4. The van der Waals surface area contributed by atoms with Crippen molar-refractivity contribution >= 4 is 17.7 Å². The molecule has 0 atom stereocenters. The van der Waals surface area contributed by atoms with Gasteiger partial charge in [-0.05, 0) is 5.92 Å². The lowest BCUT2D eigenvalue weighted by Crippen LogP contribution is -2.18. The standard InChI is InChI=1S/C10H14O5/c1-7(2)6-15-10(13)8(11)4-5-9(12)14-3/h4-5,7H,6H2,1-3H3/b5-4+. The van der Waals surface area contributed by atoms with Gasteiger partial charge in [0.1, 0.15) is 0 Å². The Balaban J connectivity index is 4.05. The molecule has 0 heterocycles. The van der Waals surface area contributed by atoms with Crippen molar-refractivity contribution in [2.45, 2.75) is 13.8 Å². The van der Waals surface area contributed by atoms with Crippen molar-refractivity contribution in [3.63, 3.8) is 0 Å². The number of rotatable bonds is 5. The molecular weight excluding hydrogens is 200 g/mol. The van der Waals surface area contributed by atoms with Gasteiger partial charge in [0.05, 0.1) is 13.7 Å². The molecule has 0 aliphatic rings. The quantitative estimate of drug-likeness (QED) is 0.378. The second kappa shape index (κ2) is 6.75. The maximum Gasteiger partial charge on any atom is 0.379 e. The molecule has 0 fully saturated rings. The largest absolute Gasteiger partial charge is 0.466 e. The first-order valence-corrected chi connectivity index (χ1v) is 4.44. The molecule has 15 heavy (non-hydrogen) atoms. The lowest BCUT2D eigenvalue weighted by Gasteiger charge is -2.04. The van der Waals surface area contributed by atoms with E-state index in [2.05, 4.69) is 9.47 Å². The third kappa shape index (κ3) is 6.42. The van der Waals surface area contributed by atoms with Gasteiger partial charge in [-0.25, -0.2) is 9.59 Å². The number of hydrogen-bond donors (Lipinski definition) is 0. The molecule has 5 heteroatoms. The van der Waals surface area contributed by atoms with Crippen LogP contribution in [0.25, 0.3) is 0 Å². The van der Waals surface area contributed by atoms with Crippen LogP contribution in [0.1, 0.15) is 13.8 Å². The molecule has 0 bridgehead atoms. The fourth-order valence-corrected chi connectivity index (χ4v) is 0.593. The van der Waals surface area contributed by atoms with Crippen molar-refractivity contribution in [2.75, 3.05) is 13.7 Å². The Morgan fingerprint density at radius 3 is 2.27 bits per heavy atom. The van der Waals surface area contributed by atoms with E-state index in [0.29, 0.717) is 0 Å². The van der Waals surface area contributed by atoms with Crippen LogP contribution in [0.3, 0.4) is 0 Å². The van der Waals surface area contributed by atoms with E-state index in [9.17, 15) is 14.4 Å². The first-order valence-electron chi connectivity index (χ1n) is 4.44. The minimum Gasteiger partial charge on any atom is -0.466 e. The van der Waals surface area contributed by atoms with E-state index < -0.39 is 17.7 Å². The van der Waals surface area contributed by atoms with Crippen LogP contribution in [0.4, 0.5) is 0 Å². The summed E-state index contributed by atoms with van der Waals surface area (Å²) in [5, 5.41) is 0. The Bertz CT molecular complexity index is 278. The van der Waals surface area contributed by atoms with Gasteiger partial charge in [0, 0.05) is 12.2 Å². The van der Waals surface area contributed by atoms with Crippen molar-refractivity contribution in [1.82, 2.24) is 0 Å².